The molecule has 0 radical (unpaired) electrons. The molecule has 0 bridgehead atoms. The van der Waals surface area contributed by atoms with Gasteiger partial charge in [-0.25, -0.2) is 0 Å². The maximum absolute atomic E-state index is 4.98. The molecule has 0 aliphatic heterocycles. The van der Waals surface area contributed by atoms with Crippen LogP contribution in [0.2, 0.25) is 13.3 Å². The van der Waals surface area contributed by atoms with Gasteiger partial charge in [-0.05, 0) is 0 Å². The molecule has 0 aliphatic carbocycles. The van der Waals surface area contributed by atoms with E-state index in [2.05, 4.69) is 49.5 Å². The van der Waals surface area contributed by atoms with Crippen LogP contribution in [-0.4, -0.2) is 32.7 Å². The molecule has 0 N–H and O–H groups in total. The quantitative estimate of drug-likeness (QED) is 0.500. The summed E-state index contributed by atoms with van der Waals surface area (Å²) in [5.74, 6) is 1.09. The Bertz CT molecular complexity index is 584. The molecular formula is C19H33N3Sn. The first-order chi connectivity index (χ1) is 11.2. The minimum atomic E-state index is -2.40. The fraction of sp³-hybridized carbons (Fsp3) is 0.684. The van der Waals surface area contributed by atoms with E-state index < -0.39 is 18.4 Å². The fourth-order valence-electron chi connectivity index (χ4n) is 3.60. The maximum atomic E-state index is 4.98. The molecule has 0 aliphatic rings. The van der Waals surface area contributed by atoms with Gasteiger partial charge in [-0.15, -0.1) is 0 Å². The summed E-state index contributed by atoms with van der Waals surface area (Å²) in [4.78, 5) is 9.44. The van der Waals surface area contributed by atoms with Gasteiger partial charge >= 0.3 is 146 Å². The SMILES string of the molecule is CCC[CH2][Sn]([CH2]CCC)([CH2]CCC)[c]1cn2c(C)ncc2cn1. The number of aryl methyl sites for hydroxylation is 1. The van der Waals surface area contributed by atoms with Gasteiger partial charge in [0, 0.05) is 0 Å². The number of aromatic nitrogens is 3. The zero-order chi connectivity index (χ0) is 16.7. The molecule has 2 heterocycles. The van der Waals surface area contributed by atoms with Gasteiger partial charge in [-0.3, -0.25) is 0 Å². The monoisotopic (exact) mass is 423 g/mol. The third kappa shape index (κ3) is 4.49. The van der Waals surface area contributed by atoms with E-state index in [-0.39, 0.29) is 0 Å². The van der Waals surface area contributed by atoms with E-state index in [1.165, 1.54) is 55.5 Å². The van der Waals surface area contributed by atoms with Crippen molar-refractivity contribution in [2.75, 3.05) is 0 Å². The zero-order valence-electron chi connectivity index (χ0n) is 15.4. The molecule has 0 fully saturated rings. The molecule has 0 amide bonds. The molecule has 0 unspecified atom stereocenters. The van der Waals surface area contributed by atoms with E-state index >= 15 is 0 Å². The predicted molar refractivity (Wildman–Crippen MR) is 102 cm³/mol. The standard InChI is InChI=1S/C7H6N3.3C4H9.Sn/c1-6-9-5-7-4-8-2-3-10(6)7;3*1-3-4-2;/h3-5H,1H3;3*1,3-4H2,2H3;. The van der Waals surface area contributed by atoms with E-state index in [1.807, 2.05) is 6.20 Å². The summed E-state index contributed by atoms with van der Waals surface area (Å²) in [6.45, 7) is 9.07. The number of hydrogen-bond donors (Lipinski definition) is 0. The molecular weight excluding hydrogens is 389 g/mol. The van der Waals surface area contributed by atoms with Crippen LogP contribution in [0, 0.1) is 6.92 Å². The van der Waals surface area contributed by atoms with Crippen molar-refractivity contribution in [1.29, 1.82) is 0 Å². The van der Waals surface area contributed by atoms with Crippen LogP contribution in [0.4, 0.5) is 0 Å². The van der Waals surface area contributed by atoms with Gasteiger partial charge < -0.3 is 0 Å². The van der Waals surface area contributed by atoms with Crippen LogP contribution < -0.4 is 3.71 Å². The number of unbranched alkanes of at least 4 members (excludes halogenated alkanes) is 3. The molecule has 0 aromatic carbocycles. The number of rotatable bonds is 10. The Morgan fingerprint density at radius 1 is 0.870 bits per heavy atom. The van der Waals surface area contributed by atoms with Crippen molar-refractivity contribution in [3.05, 3.63) is 24.4 Å². The molecule has 0 saturated carbocycles. The molecule has 23 heavy (non-hydrogen) atoms. The van der Waals surface area contributed by atoms with Crippen molar-refractivity contribution in [1.82, 2.24) is 14.4 Å². The molecule has 0 atom stereocenters. The van der Waals surface area contributed by atoms with Crippen LogP contribution in [0.3, 0.4) is 0 Å². The second kappa shape index (κ2) is 9.05. The van der Waals surface area contributed by atoms with Gasteiger partial charge in [0.1, 0.15) is 0 Å². The normalized spacial score (nSPS) is 12.2. The molecule has 0 spiro atoms. The molecule has 2 aromatic rings. The number of nitrogens with zero attached hydrogens (tertiary/aromatic N) is 3. The predicted octanol–water partition coefficient (Wildman–Crippen LogP) is 5.09. The first kappa shape index (κ1) is 18.8. The molecule has 2 aromatic heterocycles. The molecule has 128 valence electrons. The summed E-state index contributed by atoms with van der Waals surface area (Å²) in [5.41, 5.74) is 1.13. The number of fused-ring (bicyclic) bond motifs is 1. The van der Waals surface area contributed by atoms with Crippen molar-refractivity contribution < 1.29 is 0 Å². The summed E-state index contributed by atoms with van der Waals surface area (Å²) in [6.07, 6.45) is 14.4. The average molecular weight is 422 g/mol. The van der Waals surface area contributed by atoms with Crippen molar-refractivity contribution >= 4 is 27.6 Å². The third-order valence-corrected chi connectivity index (χ3v) is 20.2. The van der Waals surface area contributed by atoms with Gasteiger partial charge in [0.15, 0.2) is 0 Å². The van der Waals surface area contributed by atoms with E-state index in [4.69, 9.17) is 4.98 Å². The van der Waals surface area contributed by atoms with Crippen molar-refractivity contribution in [3.8, 4) is 0 Å². The fourth-order valence-corrected chi connectivity index (χ4v) is 18.9. The summed E-state index contributed by atoms with van der Waals surface area (Å²) in [6, 6.07) is 0. The van der Waals surface area contributed by atoms with E-state index in [9.17, 15) is 0 Å². The summed E-state index contributed by atoms with van der Waals surface area (Å²) >= 11 is -2.40. The molecule has 3 nitrogen and oxygen atoms in total. The molecule has 4 heteroatoms. The minimum absolute atomic E-state index is 1.09. The van der Waals surface area contributed by atoms with E-state index in [0.29, 0.717) is 0 Å². The van der Waals surface area contributed by atoms with Crippen LogP contribution in [-0.2, 0) is 0 Å². The van der Waals surface area contributed by atoms with Crippen molar-refractivity contribution in [3.63, 3.8) is 0 Å². The molecule has 2 rings (SSSR count). The van der Waals surface area contributed by atoms with Gasteiger partial charge in [-0.2, -0.15) is 0 Å². The van der Waals surface area contributed by atoms with Gasteiger partial charge in [0.25, 0.3) is 0 Å². The Kier molecular flexibility index (Phi) is 7.38. The van der Waals surface area contributed by atoms with Crippen LogP contribution in [0.15, 0.2) is 18.6 Å². The Morgan fingerprint density at radius 3 is 1.91 bits per heavy atom. The number of hydrogen-bond acceptors (Lipinski definition) is 2. The molecule has 0 saturated heterocycles. The average Bonchev–Trinajstić information content (AvgIpc) is 2.95. The summed E-state index contributed by atoms with van der Waals surface area (Å²) < 4.78 is 8.16. The Labute approximate surface area is 145 Å². The summed E-state index contributed by atoms with van der Waals surface area (Å²) in [5, 5.41) is 0. The summed E-state index contributed by atoms with van der Waals surface area (Å²) in [7, 11) is 0. The number of imidazole rings is 1. The van der Waals surface area contributed by atoms with Crippen LogP contribution in [0.25, 0.3) is 5.52 Å². The Hall–Kier alpha value is -0.581. The van der Waals surface area contributed by atoms with Gasteiger partial charge in [-0.1, -0.05) is 0 Å². The van der Waals surface area contributed by atoms with Crippen LogP contribution in [0.5, 0.6) is 0 Å². The Balaban J connectivity index is 2.42. The Morgan fingerprint density at radius 2 is 1.39 bits per heavy atom. The van der Waals surface area contributed by atoms with Crippen LogP contribution in [0.1, 0.15) is 65.1 Å². The van der Waals surface area contributed by atoms with E-state index in [0.717, 1.165) is 11.3 Å². The van der Waals surface area contributed by atoms with Crippen LogP contribution >= 0.6 is 0 Å². The van der Waals surface area contributed by atoms with Crippen molar-refractivity contribution in [2.45, 2.75) is 79.5 Å². The van der Waals surface area contributed by atoms with Crippen molar-refractivity contribution in [2.24, 2.45) is 0 Å². The first-order valence-corrected chi connectivity index (χ1v) is 16.9. The zero-order valence-corrected chi connectivity index (χ0v) is 18.3. The van der Waals surface area contributed by atoms with Gasteiger partial charge in [0.2, 0.25) is 0 Å². The van der Waals surface area contributed by atoms with Gasteiger partial charge in [0.05, 0.1) is 0 Å². The first-order valence-electron chi connectivity index (χ1n) is 9.47. The third-order valence-electron chi connectivity index (χ3n) is 5.17. The second-order valence-electron chi connectivity index (χ2n) is 6.96. The van der Waals surface area contributed by atoms with E-state index in [1.54, 1.807) is 0 Å². The second-order valence-corrected chi connectivity index (χ2v) is 20.0. The topological polar surface area (TPSA) is 30.2 Å².